The molecule has 4 N–H and O–H groups in total. The normalized spacial score (nSPS) is 11.3. The number of halogens is 1. The van der Waals surface area contributed by atoms with Gasteiger partial charge in [-0.05, 0) is 42.5 Å². The number of phenols is 2. The third-order valence-corrected chi connectivity index (χ3v) is 5.86. The molecule has 0 radical (unpaired) electrons. The number of nitro benzene ring substituents is 1. The van der Waals surface area contributed by atoms with Gasteiger partial charge >= 0.3 is 0 Å². The third-order valence-electron chi connectivity index (χ3n) is 4.25. The van der Waals surface area contributed by atoms with Crippen LogP contribution in [0.15, 0.2) is 64.6 Å². The molecule has 0 heterocycles. The first-order valence-electron chi connectivity index (χ1n) is 9.06. The van der Waals surface area contributed by atoms with Gasteiger partial charge in [-0.1, -0.05) is 17.7 Å². The van der Waals surface area contributed by atoms with Gasteiger partial charge < -0.3 is 14.9 Å². The second-order valence-electron chi connectivity index (χ2n) is 6.51. The van der Waals surface area contributed by atoms with Gasteiger partial charge in [0.2, 0.25) is 5.75 Å². The van der Waals surface area contributed by atoms with Crippen molar-refractivity contribution in [3.63, 3.8) is 0 Å². The van der Waals surface area contributed by atoms with E-state index >= 15 is 0 Å². The first kappa shape index (κ1) is 23.6. The predicted octanol–water partition coefficient (Wildman–Crippen LogP) is 3.91. The second-order valence-corrected chi connectivity index (χ2v) is 8.63. The van der Waals surface area contributed by atoms with Gasteiger partial charge in [-0.25, -0.2) is 8.42 Å². The maximum atomic E-state index is 12.6. The minimum absolute atomic E-state index is 0.00388. The van der Waals surface area contributed by atoms with Gasteiger partial charge in [0, 0.05) is 16.7 Å². The fourth-order valence-electron chi connectivity index (χ4n) is 2.71. The molecule has 0 atom stereocenters. The highest BCUT2D eigenvalue weighted by Gasteiger charge is 2.21. The Hall–Kier alpha value is -4.03. The number of hydrogen-bond acceptors (Lipinski definition) is 9. The largest absolute Gasteiger partial charge is 0.504 e. The minimum atomic E-state index is -4.13. The lowest BCUT2D eigenvalue weighted by atomic mass is 10.2. The van der Waals surface area contributed by atoms with Crippen LogP contribution in [0.4, 0.5) is 17.1 Å². The summed E-state index contributed by atoms with van der Waals surface area (Å²) in [4.78, 5) is 10.4. The molecule has 3 aromatic rings. The fraction of sp³-hybridized carbons (Fsp3) is 0.0500. The molecule has 33 heavy (non-hydrogen) atoms. The van der Waals surface area contributed by atoms with E-state index in [1.54, 1.807) is 12.1 Å². The van der Waals surface area contributed by atoms with Crippen LogP contribution in [0.1, 0.15) is 5.56 Å². The summed E-state index contributed by atoms with van der Waals surface area (Å²) in [5.41, 5.74) is 2.37. The number of benzene rings is 3. The lowest BCUT2D eigenvalue weighted by Crippen LogP contribution is -2.13. The molecular formula is C20H17ClN4O7S. The van der Waals surface area contributed by atoms with Crippen molar-refractivity contribution in [2.75, 3.05) is 17.3 Å². The maximum absolute atomic E-state index is 12.6. The van der Waals surface area contributed by atoms with E-state index < -0.39 is 32.1 Å². The quantitative estimate of drug-likeness (QED) is 0.159. The molecule has 0 aliphatic heterocycles. The predicted molar refractivity (Wildman–Crippen MR) is 123 cm³/mol. The van der Waals surface area contributed by atoms with Gasteiger partial charge in [0.15, 0.2) is 11.5 Å². The van der Waals surface area contributed by atoms with Crippen molar-refractivity contribution in [3.8, 4) is 17.2 Å². The SMILES string of the molecule is COc1cc(/C=N/Nc2ccc(S(=O)(=O)Nc3cccc(Cl)c3)cc2[N+](=O)[O-])cc(O)c1O. The Morgan fingerprint density at radius 3 is 2.58 bits per heavy atom. The van der Waals surface area contributed by atoms with Gasteiger partial charge in [-0.15, -0.1) is 0 Å². The summed E-state index contributed by atoms with van der Waals surface area (Å²) in [6.07, 6.45) is 1.22. The molecule has 13 heteroatoms. The Morgan fingerprint density at radius 1 is 1.15 bits per heavy atom. The average Bonchev–Trinajstić information content (AvgIpc) is 2.75. The van der Waals surface area contributed by atoms with E-state index in [1.165, 1.54) is 49.7 Å². The zero-order chi connectivity index (χ0) is 24.2. The van der Waals surface area contributed by atoms with Crippen LogP contribution in [-0.4, -0.2) is 36.9 Å². The molecule has 0 spiro atoms. The lowest BCUT2D eigenvalue weighted by Gasteiger charge is -2.10. The Bertz CT molecular complexity index is 1350. The molecule has 3 rings (SSSR count). The van der Waals surface area contributed by atoms with Crippen LogP contribution in [0.5, 0.6) is 17.2 Å². The van der Waals surface area contributed by atoms with Crippen LogP contribution >= 0.6 is 11.6 Å². The Morgan fingerprint density at radius 2 is 1.91 bits per heavy atom. The van der Waals surface area contributed by atoms with Crippen molar-refractivity contribution in [2.45, 2.75) is 4.90 Å². The van der Waals surface area contributed by atoms with Gasteiger partial charge in [-0.3, -0.25) is 20.3 Å². The fourth-order valence-corrected chi connectivity index (χ4v) is 3.97. The second kappa shape index (κ2) is 9.63. The van der Waals surface area contributed by atoms with E-state index in [-0.39, 0.29) is 22.0 Å². The molecule has 0 aliphatic carbocycles. The van der Waals surface area contributed by atoms with Crippen LogP contribution in [0.3, 0.4) is 0 Å². The van der Waals surface area contributed by atoms with Crippen LogP contribution < -0.4 is 14.9 Å². The molecule has 11 nitrogen and oxygen atoms in total. The number of methoxy groups -OCH3 is 1. The lowest BCUT2D eigenvalue weighted by molar-refractivity contribution is -0.384. The molecule has 172 valence electrons. The Balaban J connectivity index is 1.85. The first-order valence-corrected chi connectivity index (χ1v) is 10.9. The molecule has 0 unspecified atom stereocenters. The number of nitro groups is 1. The third kappa shape index (κ3) is 5.61. The van der Waals surface area contributed by atoms with Crippen molar-refractivity contribution in [2.24, 2.45) is 5.10 Å². The van der Waals surface area contributed by atoms with Crippen molar-refractivity contribution < 1.29 is 28.3 Å². The first-order chi connectivity index (χ1) is 15.6. The van der Waals surface area contributed by atoms with Gasteiger partial charge in [0.1, 0.15) is 5.69 Å². The highest BCUT2D eigenvalue weighted by atomic mass is 35.5. The highest BCUT2D eigenvalue weighted by molar-refractivity contribution is 7.92. The number of ether oxygens (including phenoxy) is 1. The molecule has 0 aromatic heterocycles. The summed E-state index contributed by atoms with van der Waals surface area (Å²) in [6.45, 7) is 0. The number of anilines is 2. The standard InChI is InChI=1S/C20H17ClN4O7S/c1-32-19-8-12(7-18(26)20(19)27)11-22-23-16-6-5-15(10-17(16)25(28)29)33(30,31)24-14-4-2-3-13(21)9-14/h2-11,23-24,26-27H,1H3/b22-11+. The van der Waals surface area contributed by atoms with Gasteiger partial charge in [0.05, 0.1) is 28.8 Å². The number of phenolic OH excluding ortho intramolecular Hbond substituents is 2. The maximum Gasteiger partial charge on any atom is 0.295 e. The summed E-state index contributed by atoms with van der Waals surface area (Å²) in [5, 5.41) is 35.0. The van der Waals surface area contributed by atoms with Crippen LogP contribution in [0.2, 0.25) is 5.02 Å². The molecule has 0 fully saturated rings. The Kier molecular flexibility index (Phi) is 6.89. The summed E-state index contributed by atoms with van der Waals surface area (Å²) < 4.78 is 32.5. The number of nitrogens with zero attached hydrogens (tertiary/aromatic N) is 2. The number of hydrazone groups is 1. The molecule has 0 aliphatic rings. The van der Waals surface area contributed by atoms with E-state index in [2.05, 4.69) is 15.2 Å². The number of aromatic hydroxyl groups is 2. The number of rotatable bonds is 8. The van der Waals surface area contributed by atoms with Crippen LogP contribution in [0.25, 0.3) is 0 Å². The molecule has 0 amide bonds. The van der Waals surface area contributed by atoms with E-state index in [4.69, 9.17) is 16.3 Å². The van der Waals surface area contributed by atoms with E-state index in [1.807, 2.05) is 0 Å². The topological polar surface area (TPSA) is 163 Å². The summed E-state index contributed by atoms with van der Waals surface area (Å²) in [5.74, 6) is -0.880. The van der Waals surface area contributed by atoms with Crippen molar-refractivity contribution in [3.05, 3.63) is 75.3 Å². The van der Waals surface area contributed by atoms with Crippen molar-refractivity contribution in [1.29, 1.82) is 0 Å². The van der Waals surface area contributed by atoms with E-state index in [0.717, 1.165) is 6.07 Å². The number of hydrogen-bond donors (Lipinski definition) is 4. The zero-order valence-electron chi connectivity index (χ0n) is 16.9. The van der Waals surface area contributed by atoms with Crippen molar-refractivity contribution in [1.82, 2.24) is 0 Å². The monoisotopic (exact) mass is 492 g/mol. The molecular weight excluding hydrogens is 476 g/mol. The van der Waals surface area contributed by atoms with E-state index in [9.17, 15) is 28.7 Å². The minimum Gasteiger partial charge on any atom is -0.504 e. The highest BCUT2D eigenvalue weighted by Crippen LogP contribution is 2.36. The smallest absolute Gasteiger partial charge is 0.295 e. The number of sulfonamides is 1. The van der Waals surface area contributed by atoms with E-state index in [0.29, 0.717) is 10.6 Å². The zero-order valence-corrected chi connectivity index (χ0v) is 18.5. The summed E-state index contributed by atoms with van der Waals surface area (Å²) in [6, 6.07) is 11.8. The van der Waals surface area contributed by atoms with Crippen LogP contribution in [0, 0.1) is 10.1 Å². The Labute approximate surface area is 193 Å². The van der Waals surface area contributed by atoms with Gasteiger partial charge in [0.25, 0.3) is 15.7 Å². The molecule has 0 saturated heterocycles. The summed E-state index contributed by atoms with van der Waals surface area (Å²) in [7, 11) is -2.83. The van der Waals surface area contributed by atoms with Crippen molar-refractivity contribution >= 4 is 44.9 Å². The molecule has 3 aromatic carbocycles. The van der Waals surface area contributed by atoms with Gasteiger partial charge in [-0.2, -0.15) is 5.10 Å². The summed E-state index contributed by atoms with van der Waals surface area (Å²) >= 11 is 5.85. The average molecular weight is 493 g/mol. The number of nitrogens with one attached hydrogen (secondary N) is 2. The molecule has 0 bridgehead atoms. The molecule has 0 saturated carbocycles. The van der Waals surface area contributed by atoms with Crippen LogP contribution in [-0.2, 0) is 10.0 Å².